The summed E-state index contributed by atoms with van der Waals surface area (Å²) in [5.41, 5.74) is 8.75. The van der Waals surface area contributed by atoms with Gasteiger partial charge in [-0.05, 0) is 29.7 Å². The van der Waals surface area contributed by atoms with Crippen LogP contribution in [-0.2, 0) is 21.1 Å². The van der Waals surface area contributed by atoms with Gasteiger partial charge >= 0.3 is 0 Å². The van der Waals surface area contributed by atoms with Crippen LogP contribution in [0.5, 0.6) is 0 Å². The Morgan fingerprint density at radius 1 is 0.964 bits per heavy atom. The zero-order chi connectivity index (χ0) is 20.1. The van der Waals surface area contributed by atoms with E-state index in [1.54, 1.807) is 12.1 Å². The number of carbonyl (C=O) groups excluding carboxylic acids is 1. The van der Waals surface area contributed by atoms with Crippen molar-refractivity contribution in [2.24, 2.45) is 5.73 Å². The highest BCUT2D eigenvalue weighted by Gasteiger charge is 2.18. The van der Waals surface area contributed by atoms with Gasteiger partial charge in [-0.2, -0.15) is 0 Å². The number of nitrogens with two attached hydrogens (primary N) is 1. The highest BCUT2D eigenvalue weighted by Crippen LogP contribution is 2.30. The van der Waals surface area contributed by atoms with E-state index >= 15 is 0 Å². The number of amides is 1. The maximum absolute atomic E-state index is 12.4. The van der Waals surface area contributed by atoms with Gasteiger partial charge in [0.2, 0.25) is 5.91 Å². The molecule has 3 N–H and O–H groups in total. The number of anilines is 1. The highest BCUT2D eigenvalue weighted by atomic mass is 32.2. The Labute approximate surface area is 165 Å². The first-order valence-corrected chi connectivity index (χ1v) is 10.7. The molecule has 0 fully saturated rings. The number of rotatable bonds is 6. The van der Waals surface area contributed by atoms with E-state index in [2.05, 4.69) is 5.32 Å². The Morgan fingerprint density at radius 2 is 1.57 bits per heavy atom. The molecule has 6 heteroatoms. The lowest BCUT2D eigenvalue weighted by molar-refractivity contribution is -0.117. The molecule has 1 atom stereocenters. The van der Waals surface area contributed by atoms with Crippen molar-refractivity contribution < 1.29 is 13.2 Å². The molecule has 0 aromatic heterocycles. The van der Waals surface area contributed by atoms with Crippen molar-refractivity contribution in [3.63, 3.8) is 0 Å². The maximum atomic E-state index is 12.4. The third-order valence-electron chi connectivity index (χ3n) is 4.37. The van der Waals surface area contributed by atoms with Crippen LogP contribution in [0.3, 0.4) is 0 Å². The minimum Gasteiger partial charge on any atom is -0.325 e. The van der Waals surface area contributed by atoms with Crippen LogP contribution in [-0.4, -0.2) is 26.6 Å². The van der Waals surface area contributed by atoms with E-state index in [-0.39, 0.29) is 10.8 Å². The van der Waals surface area contributed by atoms with Crippen LogP contribution in [0.2, 0.25) is 0 Å². The Morgan fingerprint density at radius 3 is 2.18 bits per heavy atom. The smallest absolute Gasteiger partial charge is 0.241 e. The second-order valence-electron chi connectivity index (χ2n) is 6.63. The Hall–Kier alpha value is -2.96. The molecule has 28 heavy (non-hydrogen) atoms. The van der Waals surface area contributed by atoms with E-state index in [9.17, 15) is 13.2 Å². The van der Waals surface area contributed by atoms with Crippen molar-refractivity contribution in [2.45, 2.75) is 17.4 Å². The summed E-state index contributed by atoms with van der Waals surface area (Å²) in [6.45, 7) is 0. The molecule has 0 saturated heterocycles. The van der Waals surface area contributed by atoms with Gasteiger partial charge in [0, 0.05) is 17.5 Å². The summed E-state index contributed by atoms with van der Waals surface area (Å²) >= 11 is 0. The normalized spacial score (nSPS) is 12.4. The molecule has 1 amide bonds. The average Bonchev–Trinajstić information content (AvgIpc) is 2.68. The molecule has 0 saturated carbocycles. The molecule has 0 aliphatic rings. The van der Waals surface area contributed by atoms with Crippen LogP contribution in [0.15, 0.2) is 83.8 Å². The molecule has 3 aromatic carbocycles. The predicted octanol–water partition coefficient (Wildman–Crippen LogP) is 3.27. The van der Waals surface area contributed by atoms with Crippen LogP contribution in [0.25, 0.3) is 11.1 Å². The van der Waals surface area contributed by atoms with Crippen molar-refractivity contribution in [1.29, 1.82) is 0 Å². The van der Waals surface area contributed by atoms with E-state index in [0.29, 0.717) is 17.7 Å². The first kappa shape index (κ1) is 19.8. The molecule has 0 heterocycles. The third kappa shape index (κ3) is 4.85. The van der Waals surface area contributed by atoms with Gasteiger partial charge in [0.15, 0.2) is 9.84 Å². The Balaban J connectivity index is 1.84. The quantitative estimate of drug-likeness (QED) is 0.671. The van der Waals surface area contributed by atoms with E-state index in [1.807, 2.05) is 60.7 Å². The van der Waals surface area contributed by atoms with Gasteiger partial charge < -0.3 is 11.1 Å². The number of carbonyl (C=O) groups is 1. The van der Waals surface area contributed by atoms with Gasteiger partial charge in [0.25, 0.3) is 0 Å². The molecule has 0 aliphatic carbocycles. The molecule has 0 spiro atoms. The van der Waals surface area contributed by atoms with Crippen molar-refractivity contribution in [3.8, 4) is 11.1 Å². The summed E-state index contributed by atoms with van der Waals surface area (Å²) in [4.78, 5) is 12.6. The summed E-state index contributed by atoms with van der Waals surface area (Å²) in [6.07, 6.45) is 1.55. The minimum absolute atomic E-state index is 0.160. The molecule has 5 nitrogen and oxygen atoms in total. The second-order valence-corrected chi connectivity index (χ2v) is 8.62. The van der Waals surface area contributed by atoms with Crippen LogP contribution in [0, 0.1) is 0 Å². The fourth-order valence-electron chi connectivity index (χ4n) is 2.96. The summed E-state index contributed by atoms with van der Waals surface area (Å²) < 4.78 is 24.6. The molecule has 1 unspecified atom stereocenters. The topological polar surface area (TPSA) is 89.3 Å². The monoisotopic (exact) mass is 394 g/mol. The summed E-state index contributed by atoms with van der Waals surface area (Å²) in [7, 11) is -3.49. The SMILES string of the molecule is CS(=O)(=O)c1cc(NC(=O)C(N)Cc2ccccc2)ccc1-c1ccccc1. The van der Waals surface area contributed by atoms with Crippen molar-refractivity contribution >= 4 is 21.4 Å². The van der Waals surface area contributed by atoms with Crippen LogP contribution < -0.4 is 11.1 Å². The lowest BCUT2D eigenvalue weighted by Crippen LogP contribution is -2.37. The number of hydrogen-bond acceptors (Lipinski definition) is 4. The van der Waals surface area contributed by atoms with E-state index in [4.69, 9.17) is 5.73 Å². The van der Waals surface area contributed by atoms with Gasteiger partial charge in [0.1, 0.15) is 0 Å². The van der Waals surface area contributed by atoms with E-state index in [1.165, 1.54) is 6.07 Å². The fourth-order valence-corrected chi connectivity index (χ4v) is 3.89. The summed E-state index contributed by atoms with van der Waals surface area (Å²) in [5.74, 6) is -0.365. The second kappa shape index (κ2) is 8.37. The molecule has 144 valence electrons. The zero-order valence-corrected chi connectivity index (χ0v) is 16.3. The number of sulfone groups is 1. The molecule has 3 rings (SSSR count). The standard InChI is InChI=1S/C22H22N2O3S/c1-28(26,27)21-15-18(12-13-19(21)17-10-6-3-7-11-17)24-22(25)20(23)14-16-8-4-2-5-9-16/h2-13,15,20H,14,23H2,1H3,(H,24,25). The summed E-state index contributed by atoms with van der Waals surface area (Å²) in [5, 5.41) is 2.72. The molecule has 0 aliphatic heterocycles. The average molecular weight is 394 g/mol. The van der Waals surface area contributed by atoms with Crippen LogP contribution in [0.1, 0.15) is 5.56 Å². The van der Waals surface area contributed by atoms with Crippen LogP contribution >= 0.6 is 0 Å². The number of hydrogen-bond donors (Lipinski definition) is 2. The molecular weight excluding hydrogens is 372 g/mol. The first-order chi connectivity index (χ1) is 13.3. The van der Waals surface area contributed by atoms with Gasteiger partial charge in [-0.3, -0.25) is 4.79 Å². The van der Waals surface area contributed by atoms with Gasteiger partial charge in [-0.25, -0.2) is 8.42 Å². The fraction of sp³-hybridized carbons (Fsp3) is 0.136. The van der Waals surface area contributed by atoms with Crippen molar-refractivity contribution in [2.75, 3.05) is 11.6 Å². The van der Waals surface area contributed by atoms with E-state index < -0.39 is 15.9 Å². The predicted molar refractivity (Wildman–Crippen MR) is 112 cm³/mol. The maximum Gasteiger partial charge on any atom is 0.241 e. The minimum atomic E-state index is -3.49. The van der Waals surface area contributed by atoms with Gasteiger partial charge in [0.05, 0.1) is 10.9 Å². The van der Waals surface area contributed by atoms with Gasteiger partial charge in [-0.15, -0.1) is 0 Å². The van der Waals surface area contributed by atoms with Gasteiger partial charge in [-0.1, -0.05) is 66.7 Å². The third-order valence-corrected chi connectivity index (χ3v) is 5.51. The Bertz CT molecular complexity index is 1070. The highest BCUT2D eigenvalue weighted by molar-refractivity contribution is 7.90. The van der Waals surface area contributed by atoms with E-state index in [0.717, 1.165) is 17.4 Å². The molecule has 0 bridgehead atoms. The number of benzene rings is 3. The first-order valence-electron chi connectivity index (χ1n) is 8.84. The lowest BCUT2D eigenvalue weighted by atomic mass is 10.0. The van der Waals surface area contributed by atoms with Crippen molar-refractivity contribution in [3.05, 3.63) is 84.4 Å². The molecule has 3 aromatic rings. The lowest BCUT2D eigenvalue weighted by Gasteiger charge is -2.15. The largest absolute Gasteiger partial charge is 0.325 e. The zero-order valence-electron chi connectivity index (χ0n) is 15.5. The molecular formula is C22H22N2O3S. The number of nitrogens with one attached hydrogen (secondary N) is 1. The summed E-state index contributed by atoms with van der Waals surface area (Å²) in [6, 6.07) is 22.9. The molecule has 0 radical (unpaired) electrons. The van der Waals surface area contributed by atoms with Crippen molar-refractivity contribution in [1.82, 2.24) is 0 Å². The Kier molecular flexibility index (Phi) is 5.92. The van der Waals surface area contributed by atoms with Crippen LogP contribution in [0.4, 0.5) is 5.69 Å².